The van der Waals surface area contributed by atoms with Crippen molar-refractivity contribution in [2.45, 2.75) is 18.4 Å². The Labute approximate surface area is 53.4 Å². The highest BCUT2D eigenvalue weighted by Gasteiger charge is 2.47. The van der Waals surface area contributed by atoms with Crippen LogP contribution in [0.15, 0.2) is 0 Å². The monoisotopic (exact) mass is 127 g/mol. The number of ether oxygens (including phenoxy) is 1. The highest BCUT2D eigenvalue weighted by atomic mass is 16.6. The normalized spacial score (nSPS) is 40.7. The number of hydrogen-bond acceptors (Lipinski definition) is 2. The average Bonchev–Trinajstić information content (AvgIpc) is 2.49. The van der Waals surface area contributed by atoms with Crippen molar-refractivity contribution in [2.24, 2.45) is 0 Å². The van der Waals surface area contributed by atoms with Gasteiger partial charge in [-0.2, -0.15) is 0 Å². The van der Waals surface area contributed by atoms with E-state index in [2.05, 4.69) is 5.32 Å². The van der Waals surface area contributed by atoms with Gasteiger partial charge in [0.1, 0.15) is 5.60 Å². The van der Waals surface area contributed by atoms with E-state index in [1.807, 2.05) is 0 Å². The van der Waals surface area contributed by atoms with Gasteiger partial charge in [-0.25, -0.2) is 0 Å². The van der Waals surface area contributed by atoms with Crippen LogP contribution in [0.3, 0.4) is 0 Å². The molecule has 1 spiro atoms. The van der Waals surface area contributed by atoms with Crippen molar-refractivity contribution in [1.82, 2.24) is 5.32 Å². The molecule has 2 heterocycles. The van der Waals surface area contributed by atoms with E-state index in [4.69, 9.17) is 4.74 Å². The zero-order valence-electron chi connectivity index (χ0n) is 5.14. The number of piperidine rings is 1. The largest absolute Gasteiger partial charge is 0.369 e. The van der Waals surface area contributed by atoms with E-state index in [1.165, 1.54) is 0 Å². The first-order valence-corrected chi connectivity index (χ1v) is 3.21. The lowest BCUT2D eigenvalue weighted by Crippen LogP contribution is -2.38. The molecule has 1 unspecified atom stereocenters. The van der Waals surface area contributed by atoms with Gasteiger partial charge in [0.25, 0.3) is 0 Å². The third-order valence-electron chi connectivity index (χ3n) is 1.94. The first kappa shape index (κ1) is 5.23. The van der Waals surface area contributed by atoms with Crippen LogP contribution in [0.5, 0.6) is 0 Å². The van der Waals surface area contributed by atoms with Gasteiger partial charge in [0.05, 0.1) is 13.0 Å². The quantitative estimate of drug-likeness (QED) is 0.452. The molecule has 0 aliphatic carbocycles. The third-order valence-corrected chi connectivity index (χ3v) is 1.94. The molecule has 1 amide bonds. The van der Waals surface area contributed by atoms with Crippen LogP contribution in [-0.4, -0.2) is 24.7 Å². The zero-order chi connectivity index (χ0) is 6.32. The summed E-state index contributed by atoms with van der Waals surface area (Å²) < 4.78 is 5.15. The highest BCUT2D eigenvalue weighted by Crippen LogP contribution is 2.35. The van der Waals surface area contributed by atoms with Gasteiger partial charge in [0.2, 0.25) is 5.91 Å². The Hall–Kier alpha value is -0.570. The van der Waals surface area contributed by atoms with Crippen molar-refractivity contribution >= 4 is 5.91 Å². The van der Waals surface area contributed by atoms with Crippen molar-refractivity contribution in [3.8, 4) is 0 Å². The second kappa shape index (κ2) is 1.48. The zero-order valence-corrected chi connectivity index (χ0v) is 5.14. The van der Waals surface area contributed by atoms with Crippen LogP contribution in [0.4, 0.5) is 0 Å². The summed E-state index contributed by atoms with van der Waals surface area (Å²) >= 11 is 0. The van der Waals surface area contributed by atoms with Gasteiger partial charge < -0.3 is 10.1 Å². The molecule has 2 saturated heterocycles. The van der Waals surface area contributed by atoms with Crippen LogP contribution in [0, 0.1) is 0 Å². The smallest absolute Gasteiger partial charge is 0.223 e. The summed E-state index contributed by atoms with van der Waals surface area (Å²) in [6.45, 7) is 1.58. The fourth-order valence-corrected chi connectivity index (χ4v) is 1.22. The predicted octanol–water partition coefficient (Wildman–Crippen LogP) is -0.335. The third kappa shape index (κ3) is 0.812. The van der Waals surface area contributed by atoms with E-state index in [0.717, 1.165) is 19.6 Å². The molecule has 2 aliphatic rings. The number of amides is 1. The first-order chi connectivity index (χ1) is 4.31. The van der Waals surface area contributed by atoms with E-state index in [1.54, 1.807) is 0 Å². The van der Waals surface area contributed by atoms with Crippen LogP contribution in [0.25, 0.3) is 0 Å². The van der Waals surface area contributed by atoms with Gasteiger partial charge in [-0.1, -0.05) is 0 Å². The fourth-order valence-electron chi connectivity index (χ4n) is 1.22. The summed E-state index contributed by atoms with van der Waals surface area (Å²) in [6.07, 6.45) is 1.58. The Morgan fingerprint density at radius 1 is 1.67 bits per heavy atom. The van der Waals surface area contributed by atoms with Gasteiger partial charge in [0, 0.05) is 6.54 Å². The summed E-state index contributed by atoms with van der Waals surface area (Å²) in [5.74, 6) is 0.138. The van der Waals surface area contributed by atoms with Crippen LogP contribution in [0.1, 0.15) is 12.8 Å². The summed E-state index contributed by atoms with van der Waals surface area (Å²) in [6, 6.07) is 0. The maximum Gasteiger partial charge on any atom is 0.223 e. The van der Waals surface area contributed by atoms with E-state index in [9.17, 15) is 4.79 Å². The van der Waals surface area contributed by atoms with Crippen molar-refractivity contribution in [3.05, 3.63) is 0 Å². The molecule has 0 bridgehead atoms. The van der Waals surface area contributed by atoms with E-state index in [-0.39, 0.29) is 11.5 Å². The van der Waals surface area contributed by atoms with E-state index in [0.29, 0.717) is 6.42 Å². The van der Waals surface area contributed by atoms with Crippen LogP contribution < -0.4 is 5.32 Å². The summed E-state index contributed by atoms with van der Waals surface area (Å²) in [4.78, 5) is 10.7. The average molecular weight is 127 g/mol. The molecule has 1 N–H and O–H groups in total. The second-order valence-corrected chi connectivity index (χ2v) is 2.75. The Kier molecular flexibility index (Phi) is 0.858. The SMILES string of the molecule is O=C1CC2(CCN1)CO2. The Balaban J connectivity index is 2.04. The molecular weight excluding hydrogens is 118 g/mol. The molecule has 3 heteroatoms. The molecule has 2 aliphatic heterocycles. The number of epoxide rings is 1. The van der Waals surface area contributed by atoms with Crippen molar-refractivity contribution < 1.29 is 9.53 Å². The van der Waals surface area contributed by atoms with Gasteiger partial charge in [-0.15, -0.1) is 0 Å². The van der Waals surface area contributed by atoms with Crippen molar-refractivity contribution in [1.29, 1.82) is 0 Å². The standard InChI is InChI=1S/C6H9NO2/c8-5-3-6(4-9-6)1-2-7-5/h1-4H2,(H,7,8). The molecular formula is C6H9NO2. The van der Waals surface area contributed by atoms with Crippen LogP contribution in [0.2, 0.25) is 0 Å². The maximum absolute atomic E-state index is 10.7. The molecule has 0 saturated carbocycles. The maximum atomic E-state index is 10.7. The molecule has 0 aromatic carbocycles. The summed E-state index contributed by atoms with van der Waals surface area (Å²) in [7, 11) is 0. The van der Waals surface area contributed by atoms with E-state index < -0.39 is 0 Å². The topological polar surface area (TPSA) is 41.6 Å². The first-order valence-electron chi connectivity index (χ1n) is 3.21. The van der Waals surface area contributed by atoms with Gasteiger partial charge >= 0.3 is 0 Å². The lowest BCUT2D eigenvalue weighted by molar-refractivity contribution is -0.123. The Morgan fingerprint density at radius 2 is 2.44 bits per heavy atom. The highest BCUT2D eigenvalue weighted by molar-refractivity contribution is 5.78. The molecule has 0 aromatic heterocycles. The van der Waals surface area contributed by atoms with Gasteiger partial charge in [-0.05, 0) is 6.42 Å². The molecule has 2 fully saturated rings. The predicted molar refractivity (Wildman–Crippen MR) is 30.9 cm³/mol. The molecule has 2 rings (SSSR count). The lowest BCUT2D eigenvalue weighted by atomic mass is 9.99. The number of nitrogens with one attached hydrogen (secondary N) is 1. The van der Waals surface area contributed by atoms with E-state index >= 15 is 0 Å². The fraction of sp³-hybridized carbons (Fsp3) is 0.833. The molecule has 0 radical (unpaired) electrons. The second-order valence-electron chi connectivity index (χ2n) is 2.75. The van der Waals surface area contributed by atoms with Crippen molar-refractivity contribution in [2.75, 3.05) is 13.2 Å². The Bertz CT molecular complexity index is 151. The molecule has 1 atom stereocenters. The Morgan fingerprint density at radius 3 is 2.89 bits per heavy atom. The number of carbonyl (C=O) groups excluding carboxylic acids is 1. The lowest BCUT2D eigenvalue weighted by Gasteiger charge is -2.17. The minimum atomic E-state index is -0.0116. The molecule has 0 aromatic rings. The number of hydrogen-bond donors (Lipinski definition) is 1. The number of carbonyl (C=O) groups is 1. The molecule has 9 heavy (non-hydrogen) atoms. The van der Waals surface area contributed by atoms with Crippen LogP contribution >= 0.6 is 0 Å². The van der Waals surface area contributed by atoms with Crippen LogP contribution in [-0.2, 0) is 9.53 Å². The van der Waals surface area contributed by atoms with Crippen molar-refractivity contribution in [3.63, 3.8) is 0 Å². The molecule has 50 valence electrons. The minimum absolute atomic E-state index is 0.0116. The van der Waals surface area contributed by atoms with Gasteiger partial charge in [-0.3, -0.25) is 4.79 Å². The molecule has 3 nitrogen and oxygen atoms in total. The minimum Gasteiger partial charge on any atom is -0.369 e. The summed E-state index contributed by atoms with van der Waals surface area (Å²) in [5, 5.41) is 2.76. The summed E-state index contributed by atoms with van der Waals surface area (Å²) in [5.41, 5.74) is -0.0116. The number of rotatable bonds is 0. The van der Waals surface area contributed by atoms with Gasteiger partial charge in [0.15, 0.2) is 0 Å².